The maximum atomic E-state index is 9.72. The van der Waals surface area contributed by atoms with Crippen molar-refractivity contribution in [2.75, 3.05) is 19.7 Å². The highest BCUT2D eigenvalue weighted by atomic mass is 16.3. The summed E-state index contributed by atoms with van der Waals surface area (Å²) in [5, 5.41) is 28.7. The van der Waals surface area contributed by atoms with Crippen LogP contribution in [0.5, 0.6) is 0 Å². The number of aliphatic hydroxyl groups excluding tert-OH is 3. The molecule has 2 rings (SSSR count). The first-order chi connectivity index (χ1) is 8.20. The highest BCUT2D eigenvalue weighted by molar-refractivity contribution is 4.88. The third-order valence-electron chi connectivity index (χ3n) is 4.32. The molecule has 0 bridgehead atoms. The Morgan fingerprint density at radius 3 is 2.35 bits per heavy atom. The molecular weight excluding hydrogens is 218 g/mol. The quantitative estimate of drug-likeness (QED) is 0.669. The van der Waals surface area contributed by atoms with Crippen LogP contribution < -0.4 is 0 Å². The Bertz CT molecular complexity index is 231. The molecule has 1 heterocycles. The average Bonchev–Trinajstić information content (AvgIpc) is 2.35. The summed E-state index contributed by atoms with van der Waals surface area (Å²) >= 11 is 0. The Balaban J connectivity index is 1.88. The number of rotatable bonds is 3. The number of aliphatic hydroxyl groups is 3. The van der Waals surface area contributed by atoms with E-state index in [0.717, 1.165) is 6.54 Å². The highest BCUT2D eigenvalue weighted by Gasteiger charge is 2.34. The van der Waals surface area contributed by atoms with E-state index in [0.29, 0.717) is 18.9 Å². The summed E-state index contributed by atoms with van der Waals surface area (Å²) in [6.07, 6.45) is 5.68. The zero-order valence-electron chi connectivity index (χ0n) is 10.5. The van der Waals surface area contributed by atoms with Gasteiger partial charge in [0, 0.05) is 19.1 Å². The van der Waals surface area contributed by atoms with Crippen molar-refractivity contribution >= 4 is 0 Å². The normalized spacial score (nSPS) is 37.2. The predicted molar refractivity (Wildman–Crippen MR) is 65.7 cm³/mol. The van der Waals surface area contributed by atoms with Gasteiger partial charge >= 0.3 is 0 Å². The summed E-state index contributed by atoms with van der Waals surface area (Å²) in [6.45, 7) is 1.55. The summed E-state index contributed by atoms with van der Waals surface area (Å²) < 4.78 is 0. The second-order valence-corrected chi connectivity index (χ2v) is 5.66. The van der Waals surface area contributed by atoms with Gasteiger partial charge in [0.15, 0.2) is 0 Å². The van der Waals surface area contributed by atoms with Crippen molar-refractivity contribution in [2.45, 2.75) is 56.8 Å². The lowest BCUT2D eigenvalue weighted by Gasteiger charge is -2.41. The van der Waals surface area contributed by atoms with Gasteiger partial charge in [-0.15, -0.1) is 0 Å². The largest absolute Gasteiger partial charge is 0.395 e. The topological polar surface area (TPSA) is 63.9 Å². The fourth-order valence-electron chi connectivity index (χ4n) is 3.21. The zero-order chi connectivity index (χ0) is 12.3. The zero-order valence-corrected chi connectivity index (χ0v) is 10.5. The molecule has 0 aromatic carbocycles. The van der Waals surface area contributed by atoms with Gasteiger partial charge in [0.2, 0.25) is 0 Å². The van der Waals surface area contributed by atoms with Crippen molar-refractivity contribution in [3.63, 3.8) is 0 Å². The highest BCUT2D eigenvalue weighted by Crippen LogP contribution is 2.27. The SMILES string of the molecule is OC[C@H]1CC(O)[C@@H](O)CN1CC1CCCCC1. The Hall–Kier alpha value is -0.160. The molecule has 4 nitrogen and oxygen atoms in total. The van der Waals surface area contributed by atoms with Crippen molar-refractivity contribution in [3.05, 3.63) is 0 Å². The van der Waals surface area contributed by atoms with E-state index < -0.39 is 12.2 Å². The van der Waals surface area contributed by atoms with E-state index in [9.17, 15) is 15.3 Å². The number of hydrogen-bond donors (Lipinski definition) is 3. The molecule has 0 aromatic heterocycles. The van der Waals surface area contributed by atoms with Gasteiger partial charge in [0.1, 0.15) is 0 Å². The molecule has 100 valence electrons. The van der Waals surface area contributed by atoms with Crippen molar-refractivity contribution in [2.24, 2.45) is 5.92 Å². The van der Waals surface area contributed by atoms with Gasteiger partial charge < -0.3 is 15.3 Å². The second-order valence-electron chi connectivity index (χ2n) is 5.66. The van der Waals surface area contributed by atoms with E-state index >= 15 is 0 Å². The maximum Gasteiger partial charge on any atom is 0.0926 e. The molecule has 1 saturated heterocycles. The molecule has 2 fully saturated rings. The molecule has 17 heavy (non-hydrogen) atoms. The molecular formula is C13H25NO3. The first kappa shape index (κ1) is 13.3. The van der Waals surface area contributed by atoms with E-state index in [1.54, 1.807) is 0 Å². The molecule has 1 aliphatic carbocycles. The number of piperidine rings is 1. The molecule has 0 radical (unpaired) electrons. The molecule has 2 aliphatic rings. The summed E-state index contributed by atoms with van der Waals surface area (Å²) in [6, 6.07) is 0.0235. The predicted octanol–water partition coefficient (Wildman–Crippen LogP) is 0.355. The van der Waals surface area contributed by atoms with Gasteiger partial charge in [-0.05, 0) is 25.2 Å². The molecule has 1 aliphatic heterocycles. The van der Waals surface area contributed by atoms with Crippen molar-refractivity contribution in [1.82, 2.24) is 4.90 Å². The second kappa shape index (κ2) is 6.14. The molecule has 0 aromatic rings. The van der Waals surface area contributed by atoms with E-state index in [1.165, 1.54) is 32.1 Å². The van der Waals surface area contributed by atoms with Crippen molar-refractivity contribution in [1.29, 1.82) is 0 Å². The Labute approximate surface area is 103 Å². The molecule has 0 spiro atoms. The fourth-order valence-corrected chi connectivity index (χ4v) is 3.21. The number of β-amino-alcohol motifs (C(OH)–C–C–N with tert-alkyl or cyclic N) is 1. The maximum absolute atomic E-state index is 9.72. The Morgan fingerprint density at radius 1 is 1.00 bits per heavy atom. The first-order valence-electron chi connectivity index (χ1n) is 6.91. The fraction of sp³-hybridized carbons (Fsp3) is 1.00. The monoisotopic (exact) mass is 243 g/mol. The molecule has 1 saturated carbocycles. The molecule has 1 unspecified atom stereocenters. The Morgan fingerprint density at radius 2 is 1.71 bits per heavy atom. The molecule has 3 N–H and O–H groups in total. The minimum Gasteiger partial charge on any atom is -0.395 e. The summed E-state index contributed by atoms with van der Waals surface area (Å²) in [5.41, 5.74) is 0. The third kappa shape index (κ3) is 3.41. The smallest absolute Gasteiger partial charge is 0.0926 e. The van der Waals surface area contributed by atoms with Crippen molar-refractivity contribution in [3.8, 4) is 0 Å². The summed E-state index contributed by atoms with van der Waals surface area (Å²) in [7, 11) is 0. The van der Waals surface area contributed by atoms with Crippen LogP contribution in [-0.2, 0) is 0 Å². The average molecular weight is 243 g/mol. The molecule has 0 amide bonds. The van der Waals surface area contributed by atoms with Gasteiger partial charge in [-0.3, -0.25) is 4.90 Å². The summed E-state index contributed by atoms with van der Waals surface area (Å²) in [5.74, 6) is 0.709. The number of hydrogen-bond acceptors (Lipinski definition) is 4. The minimum absolute atomic E-state index is 0.0235. The van der Waals surface area contributed by atoms with Crippen LogP contribution >= 0.6 is 0 Å². The lowest BCUT2D eigenvalue weighted by atomic mass is 9.87. The van der Waals surface area contributed by atoms with Gasteiger partial charge in [0.25, 0.3) is 0 Å². The van der Waals surface area contributed by atoms with Crippen LogP contribution in [0.25, 0.3) is 0 Å². The standard InChI is InChI=1S/C13H25NO3/c15-9-11-6-12(16)13(17)8-14(11)7-10-4-2-1-3-5-10/h10-13,15-17H,1-9H2/t11-,12?,13+/m1/s1. The summed E-state index contributed by atoms with van der Waals surface area (Å²) in [4.78, 5) is 2.17. The van der Waals surface area contributed by atoms with Gasteiger partial charge in [-0.1, -0.05) is 19.3 Å². The Kier molecular flexibility index (Phi) is 4.79. The van der Waals surface area contributed by atoms with E-state index in [2.05, 4.69) is 4.90 Å². The van der Waals surface area contributed by atoms with E-state index in [1.807, 2.05) is 0 Å². The number of likely N-dealkylation sites (tertiary alicyclic amines) is 1. The van der Waals surface area contributed by atoms with Crippen LogP contribution in [0.2, 0.25) is 0 Å². The van der Waals surface area contributed by atoms with Gasteiger partial charge in [-0.2, -0.15) is 0 Å². The first-order valence-corrected chi connectivity index (χ1v) is 6.91. The van der Waals surface area contributed by atoms with Gasteiger partial charge in [0.05, 0.1) is 18.8 Å². The van der Waals surface area contributed by atoms with Crippen LogP contribution in [0.4, 0.5) is 0 Å². The van der Waals surface area contributed by atoms with Crippen LogP contribution in [0, 0.1) is 5.92 Å². The molecule has 4 heteroatoms. The molecule has 3 atom stereocenters. The van der Waals surface area contributed by atoms with E-state index in [4.69, 9.17) is 0 Å². The van der Waals surface area contributed by atoms with Crippen LogP contribution in [0.15, 0.2) is 0 Å². The van der Waals surface area contributed by atoms with Crippen LogP contribution in [0.3, 0.4) is 0 Å². The third-order valence-corrected chi connectivity index (χ3v) is 4.32. The van der Waals surface area contributed by atoms with Crippen molar-refractivity contribution < 1.29 is 15.3 Å². The van der Waals surface area contributed by atoms with Gasteiger partial charge in [-0.25, -0.2) is 0 Å². The van der Waals surface area contributed by atoms with E-state index in [-0.39, 0.29) is 12.6 Å². The minimum atomic E-state index is -0.672. The number of nitrogens with zero attached hydrogens (tertiary/aromatic N) is 1. The van der Waals surface area contributed by atoms with Crippen LogP contribution in [0.1, 0.15) is 38.5 Å². The lowest BCUT2D eigenvalue weighted by Crippen LogP contribution is -2.54. The van der Waals surface area contributed by atoms with Crippen LogP contribution in [-0.4, -0.2) is 58.2 Å². The lowest BCUT2D eigenvalue weighted by molar-refractivity contribution is -0.0756.